The standard InChI is InChI=1S/C13H19NO3/c1-10(2)14-12(8-15)13(16)17-9-11-6-4-3-5-7-11/h3-7,10,12,14-15H,8-9H2,1-2H3/t12-/m1/s1. The molecule has 0 aliphatic carbocycles. The van der Waals surface area contributed by atoms with E-state index in [1.54, 1.807) is 0 Å². The van der Waals surface area contributed by atoms with Crippen molar-refractivity contribution in [2.75, 3.05) is 6.61 Å². The molecule has 0 aliphatic heterocycles. The van der Waals surface area contributed by atoms with Crippen LogP contribution in [-0.4, -0.2) is 29.8 Å². The van der Waals surface area contributed by atoms with Gasteiger partial charge in [0.2, 0.25) is 0 Å². The quantitative estimate of drug-likeness (QED) is 0.727. The van der Waals surface area contributed by atoms with Crippen molar-refractivity contribution in [2.45, 2.75) is 32.5 Å². The minimum absolute atomic E-state index is 0.122. The fourth-order valence-electron chi connectivity index (χ4n) is 1.43. The number of nitrogens with one attached hydrogen (secondary N) is 1. The lowest BCUT2D eigenvalue weighted by atomic mass is 10.2. The third kappa shape index (κ3) is 4.97. The van der Waals surface area contributed by atoms with Crippen molar-refractivity contribution in [1.82, 2.24) is 5.32 Å². The van der Waals surface area contributed by atoms with Crippen molar-refractivity contribution in [3.8, 4) is 0 Å². The van der Waals surface area contributed by atoms with Crippen LogP contribution < -0.4 is 5.32 Å². The van der Waals surface area contributed by atoms with Gasteiger partial charge in [0, 0.05) is 6.04 Å². The highest BCUT2D eigenvalue weighted by molar-refractivity contribution is 5.75. The smallest absolute Gasteiger partial charge is 0.325 e. The zero-order valence-corrected chi connectivity index (χ0v) is 10.2. The van der Waals surface area contributed by atoms with Gasteiger partial charge in [-0.25, -0.2) is 0 Å². The van der Waals surface area contributed by atoms with Crippen LogP contribution in [0.3, 0.4) is 0 Å². The van der Waals surface area contributed by atoms with Gasteiger partial charge in [0.25, 0.3) is 0 Å². The second-order valence-electron chi connectivity index (χ2n) is 4.15. The van der Waals surface area contributed by atoms with Gasteiger partial charge in [-0.15, -0.1) is 0 Å². The molecule has 2 N–H and O–H groups in total. The van der Waals surface area contributed by atoms with Crippen LogP contribution in [0.2, 0.25) is 0 Å². The number of rotatable bonds is 6. The largest absolute Gasteiger partial charge is 0.460 e. The van der Waals surface area contributed by atoms with Crippen LogP contribution >= 0.6 is 0 Å². The van der Waals surface area contributed by atoms with Crippen LogP contribution in [0.15, 0.2) is 30.3 Å². The predicted molar refractivity (Wildman–Crippen MR) is 65.4 cm³/mol. The average Bonchev–Trinajstić information content (AvgIpc) is 2.34. The lowest BCUT2D eigenvalue weighted by Crippen LogP contribution is -2.44. The number of aliphatic hydroxyl groups excluding tert-OH is 1. The number of hydrogen-bond acceptors (Lipinski definition) is 4. The van der Waals surface area contributed by atoms with Gasteiger partial charge in [0.05, 0.1) is 6.61 Å². The minimum atomic E-state index is -0.654. The molecule has 0 radical (unpaired) electrons. The molecule has 1 atom stereocenters. The first kappa shape index (κ1) is 13.7. The van der Waals surface area contributed by atoms with Crippen LogP contribution in [0, 0.1) is 0 Å². The first-order chi connectivity index (χ1) is 8.13. The van der Waals surface area contributed by atoms with Crippen LogP contribution in [0.1, 0.15) is 19.4 Å². The molecule has 0 aliphatic rings. The Morgan fingerprint density at radius 2 is 2.00 bits per heavy atom. The highest BCUT2D eigenvalue weighted by Crippen LogP contribution is 2.02. The maximum absolute atomic E-state index is 11.6. The van der Waals surface area contributed by atoms with E-state index in [2.05, 4.69) is 5.32 Å². The van der Waals surface area contributed by atoms with Gasteiger partial charge in [-0.2, -0.15) is 0 Å². The molecule has 0 unspecified atom stereocenters. The maximum Gasteiger partial charge on any atom is 0.325 e. The summed E-state index contributed by atoms with van der Waals surface area (Å²) >= 11 is 0. The highest BCUT2D eigenvalue weighted by Gasteiger charge is 2.19. The van der Waals surface area contributed by atoms with Gasteiger partial charge in [0.1, 0.15) is 12.6 Å². The summed E-state index contributed by atoms with van der Waals surface area (Å²) in [5.74, 6) is -0.426. The van der Waals surface area contributed by atoms with Crippen molar-refractivity contribution in [3.05, 3.63) is 35.9 Å². The summed E-state index contributed by atoms with van der Waals surface area (Å²) in [5.41, 5.74) is 0.932. The van der Waals surface area contributed by atoms with Crippen LogP contribution in [0.4, 0.5) is 0 Å². The van der Waals surface area contributed by atoms with Crippen molar-refractivity contribution in [3.63, 3.8) is 0 Å². The molecule has 0 saturated carbocycles. The first-order valence-electron chi connectivity index (χ1n) is 5.71. The molecule has 1 aromatic rings. The number of aliphatic hydroxyl groups is 1. The zero-order chi connectivity index (χ0) is 12.7. The molecule has 94 valence electrons. The van der Waals surface area contributed by atoms with Crippen LogP contribution in [0.5, 0.6) is 0 Å². The lowest BCUT2D eigenvalue weighted by molar-refractivity contribution is -0.148. The molecule has 17 heavy (non-hydrogen) atoms. The minimum Gasteiger partial charge on any atom is -0.460 e. The number of carbonyl (C=O) groups is 1. The average molecular weight is 237 g/mol. The van der Waals surface area contributed by atoms with Gasteiger partial charge in [-0.05, 0) is 5.56 Å². The van der Waals surface area contributed by atoms with Crippen LogP contribution in [-0.2, 0) is 16.1 Å². The van der Waals surface area contributed by atoms with Crippen LogP contribution in [0.25, 0.3) is 0 Å². The van der Waals surface area contributed by atoms with E-state index < -0.39 is 12.0 Å². The Morgan fingerprint density at radius 1 is 1.35 bits per heavy atom. The molecule has 4 heteroatoms. The number of ether oxygens (including phenoxy) is 1. The summed E-state index contributed by atoms with van der Waals surface area (Å²) in [5, 5.41) is 12.0. The van der Waals surface area contributed by atoms with Gasteiger partial charge in [0.15, 0.2) is 0 Å². The van der Waals surface area contributed by atoms with Crippen molar-refractivity contribution in [2.24, 2.45) is 0 Å². The molecule has 0 fully saturated rings. The Morgan fingerprint density at radius 3 is 2.53 bits per heavy atom. The molecule has 0 amide bonds. The molecular weight excluding hydrogens is 218 g/mol. The second-order valence-corrected chi connectivity index (χ2v) is 4.15. The third-order valence-electron chi connectivity index (χ3n) is 2.23. The summed E-state index contributed by atoms with van der Waals surface area (Å²) in [6, 6.07) is 8.92. The molecule has 1 aromatic carbocycles. The van der Waals surface area contributed by atoms with Crippen molar-refractivity contribution < 1.29 is 14.6 Å². The van der Waals surface area contributed by atoms with E-state index in [9.17, 15) is 4.79 Å². The molecule has 0 saturated heterocycles. The number of esters is 1. The fourth-order valence-corrected chi connectivity index (χ4v) is 1.43. The second kappa shape index (κ2) is 7.04. The Hall–Kier alpha value is -1.39. The third-order valence-corrected chi connectivity index (χ3v) is 2.23. The van der Waals surface area contributed by atoms with Crippen molar-refractivity contribution >= 4 is 5.97 Å². The zero-order valence-electron chi connectivity index (χ0n) is 10.2. The highest BCUT2D eigenvalue weighted by atomic mass is 16.5. The molecule has 1 rings (SSSR count). The van der Waals surface area contributed by atoms with Gasteiger partial charge >= 0.3 is 5.97 Å². The summed E-state index contributed by atoms with van der Waals surface area (Å²) in [6.07, 6.45) is 0. The van der Waals surface area contributed by atoms with E-state index in [1.165, 1.54) is 0 Å². The Balaban J connectivity index is 2.42. The predicted octanol–water partition coefficient (Wildman–Crippen LogP) is 1.09. The number of hydrogen-bond donors (Lipinski definition) is 2. The van der Waals surface area contributed by atoms with E-state index in [-0.39, 0.29) is 19.3 Å². The molecule has 0 aromatic heterocycles. The number of benzene rings is 1. The molecule has 0 spiro atoms. The van der Waals surface area contributed by atoms with E-state index >= 15 is 0 Å². The summed E-state index contributed by atoms with van der Waals surface area (Å²) in [4.78, 5) is 11.6. The first-order valence-corrected chi connectivity index (χ1v) is 5.71. The normalized spacial score (nSPS) is 12.5. The number of carbonyl (C=O) groups excluding carboxylic acids is 1. The summed E-state index contributed by atoms with van der Waals surface area (Å²) in [6.45, 7) is 3.79. The molecule has 4 nitrogen and oxygen atoms in total. The summed E-state index contributed by atoms with van der Waals surface area (Å²) < 4.78 is 5.12. The molecule has 0 heterocycles. The molecular formula is C13H19NO3. The van der Waals surface area contributed by atoms with E-state index in [1.807, 2.05) is 44.2 Å². The Kier molecular flexibility index (Phi) is 5.66. The van der Waals surface area contributed by atoms with E-state index in [4.69, 9.17) is 9.84 Å². The van der Waals surface area contributed by atoms with Gasteiger partial charge in [-0.3, -0.25) is 4.79 Å². The van der Waals surface area contributed by atoms with Gasteiger partial charge in [-0.1, -0.05) is 44.2 Å². The fraction of sp³-hybridized carbons (Fsp3) is 0.462. The molecule has 0 bridgehead atoms. The van der Waals surface area contributed by atoms with E-state index in [0.717, 1.165) is 5.56 Å². The topological polar surface area (TPSA) is 58.6 Å². The van der Waals surface area contributed by atoms with E-state index in [0.29, 0.717) is 0 Å². The lowest BCUT2D eigenvalue weighted by Gasteiger charge is -2.17. The Labute approximate surface area is 102 Å². The van der Waals surface area contributed by atoms with Crippen molar-refractivity contribution in [1.29, 1.82) is 0 Å². The maximum atomic E-state index is 11.6. The van der Waals surface area contributed by atoms with Gasteiger partial charge < -0.3 is 15.2 Å². The summed E-state index contributed by atoms with van der Waals surface area (Å²) in [7, 11) is 0. The monoisotopic (exact) mass is 237 g/mol. The Bertz CT molecular complexity index is 338. The SMILES string of the molecule is CC(C)N[C@H](CO)C(=O)OCc1ccccc1.